The number of unbranched alkanes of at least 4 members (excludes halogenated alkanes) is 1. The van der Waals surface area contributed by atoms with Gasteiger partial charge >= 0.3 is 30.3 Å². The van der Waals surface area contributed by atoms with E-state index in [0.29, 0.717) is 11.1 Å². The summed E-state index contributed by atoms with van der Waals surface area (Å²) in [4.78, 5) is 110. The SMILES string of the molecule is COC(=O)[C@@H]1Cc2ccc(OCCNC(=O)OC(C)(C)C)c(c2)-c2cc(ccc2OCCNC(=O)OC(C)(C)C)[C@H](N(C)C(=O)[C@H](CCCCNC(=O)OC(C)(C)C)NS(=O)(=O)CCN(C)C(=O)OC(C)(C)C)C(=O)N[C@@H](C)C(=O)N1. The fourth-order valence-electron chi connectivity index (χ4n) is 7.68. The number of alkyl carbamates (subject to hydrolysis) is 3. The normalized spacial score (nSPS) is 16.4. The van der Waals surface area contributed by atoms with Crippen LogP contribution in [0.3, 0.4) is 0 Å². The van der Waals surface area contributed by atoms with Crippen molar-refractivity contribution in [2.75, 3.05) is 66.4 Å². The van der Waals surface area contributed by atoms with Crippen LogP contribution in [0.2, 0.25) is 0 Å². The second-order valence-corrected chi connectivity index (χ2v) is 25.2. The minimum atomic E-state index is -4.39. The molecule has 6 N–H and O–H groups in total. The van der Waals surface area contributed by atoms with E-state index in [1.165, 1.54) is 33.2 Å². The fraction of sp³-hybridized carbons (Fsp3) is 0.636. The van der Waals surface area contributed by atoms with Crippen LogP contribution in [0.25, 0.3) is 11.1 Å². The van der Waals surface area contributed by atoms with E-state index < -0.39 is 110 Å². The number of nitrogens with one attached hydrogen (secondary N) is 6. The quantitative estimate of drug-likeness (QED) is 0.0530. The standard InChI is InChI=1S/C55H86N8O17S/c1-34-44(64)60-40(47(67)74-16)32-35-20-22-41(75-28-25-57-49(69)78-53(5,6)7)37(31-35)38-33-36(21-23-42(38)76-29-26-58-50(70)79-54(8,9)10)43(45(65)59-34)63(15)46(66)39(19-17-18-24-56-48(68)77-52(2,3)4)61-81(72,73)30-27-62(14)51(71)80-55(11,12)13/h20-23,31,33-34,39-40,43,61H,17-19,24-30,32H2,1-16H3,(H,56,68)(H,57,69)(H,58,70)(H,59,65)(H,60,64)/t34-,39-,40-,43-/m0/s1. The number of methoxy groups -OCH3 is 1. The molecule has 4 atom stereocenters. The summed E-state index contributed by atoms with van der Waals surface area (Å²) in [5, 5.41) is 13.2. The molecule has 0 spiro atoms. The van der Waals surface area contributed by atoms with Crippen LogP contribution in [-0.2, 0) is 59.3 Å². The molecule has 81 heavy (non-hydrogen) atoms. The second kappa shape index (κ2) is 29.6. The summed E-state index contributed by atoms with van der Waals surface area (Å²) < 4.78 is 69.5. The molecule has 0 fully saturated rings. The Morgan fingerprint density at radius 3 is 1.67 bits per heavy atom. The molecule has 0 aromatic heterocycles. The van der Waals surface area contributed by atoms with Crippen LogP contribution in [0.5, 0.6) is 11.5 Å². The van der Waals surface area contributed by atoms with Crippen LogP contribution in [-0.4, -0.2) is 173 Å². The Hall–Kier alpha value is -7.09. The van der Waals surface area contributed by atoms with Crippen molar-refractivity contribution < 1.29 is 79.9 Å². The monoisotopic (exact) mass is 1160 g/mol. The largest absolute Gasteiger partial charge is 0.491 e. The van der Waals surface area contributed by atoms with Gasteiger partial charge in [0.25, 0.3) is 0 Å². The second-order valence-electron chi connectivity index (χ2n) is 23.3. The highest BCUT2D eigenvalue weighted by Gasteiger charge is 2.37. The summed E-state index contributed by atoms with van der Waals surface area (Å²) in [6.07, 6.45) is -2.65. The summed E-state index contributed by atoms with van der Waals surface area (Å²) in [6.45, 7) is 21.3. The number of benzene rings is 2. The van der Waals surface area contributed by atoms with E-state index >= 15 is 4.79 Å². The molecular weight excluding hydrogens is 1080 g/mol. The number of ether oxygens (including phenoxy) is 7. The number of hydrogen-bond donors (Lipinski definition) is 6. The number of rotatable bonds is 21. The first-order valence-electron chi connectivity index (χ1n) is 26.7. The van der Waals surface area contributed by atoms with Crippen LogP contribution >= 0.6 is 0 Å². The van der Waals surface area contributed by atoms with Crippen molar-refractivity contribution in [3.05, 3.63) is 47.5 Å². The molecular formula is C55H86N8O17S. The van der Waals surface area contributed by atoms with Gasteiger partial charge in [-0.1, -0.05) is 12.1 Å². The first-order valence-corrected chi connectivity index (χ1v) is 28.4. The molecule has 454 valence electrons. The highest BCUT2D eigenvalue weighted by Crippen LogP contribution is 2.40. The molecule has 3 rings (SSSR count). The maximum Gasteiger partial charge on any atom is 0.410 e. The van der Waals surface area contributed by atoms with Crippen molar-refractivity contribution in [3.8, 4) is 22.6 Å². The Bertz CT molecular complexity index is 2640. The number of carbonyl (C=O) groups is 8. The number of likely N-dealkylation sites (N-methyl/N-ethyl adjacent to an activating group) is 1. The first kappa shape index (κ1) is 68.2. The molecule has 26 heteroatoms. The first-order chi connectivity index (χ1) is 37.4. The van der Waals surface area contributed by atoms with Crippen molar-refractivity contribution >= 4 is 58.1 Å². The fourth-order valence-corrected chi connectivity index (χ4v) is 8.96. The van der Waals surface area contributed by atoms with Gasteiger partial charge in [0, 0.05) is 44.7 Å². The van der Waals surface area contributed by atoms with Crippen molar-refractivity contribution in [3.63, 3.8) is 0 Å². The molecule has 1 heterocycles. The number of esters is 1. The van der Waals surface area contributed by atoms with E-state index in [4.69, 9.17) is 33.2 Å². The minimum absolute atomic E-state index is 0.00869. The topological polar surface area (TPSA) is 314 Å². The summed E-state index contributed by atoms with van der Waals surface area (Å²) in [6, 6.07) is 3.75. The predicted molar refractivity (Wildman–Crippen MR) is 300 cm³/mol. The summed E-state index contributed by atoms with van der Waals surface area (Å²) >= 11 is 0. The lowest BCUT2D eigenvalue weighted by molar-refractivity contribution is -0.145. The molecule has 1 aliphatic heterocycles. The van der Waals surface area contributed by atoms with E-state index in [1.54, 1.807) is 107 Å². The predicted octanol–water partition coefficient (Wildman–Crippen LogP) is 5.23. The van der Waals surface area contributed by atoms with Gasteiger partial charge in [-0.2, -0.15) is 0 Å². The third-order valence-corrected chi connectivity index (χ3v) is 12.7. The van der Waals surface area contributed by atoms with E-state index in [1.807, 2.05) is 0 Å². The smallest absolute Gasteiger partial charge is 0.410 e. The number of sulfonamides is 1. The van der Waals surface area contributed by atoms with Gasteiger partial charge < -0.3 is 69.5 Å². The van der Waals surface area contributed by atoms with E-state index in [0.717, 1.165) is 16.9 Å². The number of fused-ring (bicyclic) bond motifs is 5. The summed E-state index contributed by atoms with van der Waals surface area (Å²) in [5.41, 5.74) is -1.98. The van der Waals surface area contributed by atoms with Crippen molar-refractivity contribution in [1.29, 1.82) is 0 Å². The number of hydrogen-bond acceptors (Lipinski definition) is 17. The Kier molecular flexibility index (Phi) is 24.9. The van der Waals surface area contributed by atoms with Gasteiger partial charge in [-0.05, 0) is 145 Å². The Morgan fingerprint density at radius 1 is 0.667 bits per heavy atom. The lowest BCUT2D eigenvalue weighted by Crippen LogP contribution is -2.55. The molecule has 0 radical (unpaired) electrons. The molecule has 7 amide bonds. The number of carbonyl (C=O) groups excluding carboxylic acids is 8. The van der Waals surface area contributed by atoms with Crippen LogP contribution < -0.4 is 40.8 Å². The molecule has 0 unspecified atom stereocenters. The Labute approximate surface area is 476 Å². The molecule has 25 nitrogen and oxygen atoms in total. The average molecular weight is 1160 g/mol. The molecule has 0 saturated carbocycles. The van der Waals surface area contributed by atoms with E-state index in [-0.39, 0.29) is 87.7 Å². The van der Waals surface area contributed by atoms with Crippen LogP contribution in [0.15, 0.2) is 36.4 Å². The lowest BCUT2D eigenvalue weighted by atomic mass is 9.93. The van der Waals surface area contributed by atoms with Gasteiger partial charge in [0.05, 0.1) is 26.0 Å². The zero-order valence-corrected chi connectivity index (χ0v) is 50.6. The molecule has 2 aromatic rings. The maximum absolute atomic E-state index is 15.1. The summed E-state index contributed by atoms with van der Waals surface area (Å²) in [5.74, 6) is -3.63. The van der Waals surface area contributed by atoms with Crippen LogP contribution in [0.4, 0.5) is 19.2 Å². The molecule has 0 saturated heterocycles. The zero-order valence-electron chi connectivity index (χ0n) is 49.8. The van der Waals surface area contributed by atoms with Crippen molar-refractivity contribution in [1.82, 2.24) is 41.1 Å². The Morgan fingerprint density at radius 2 is 1.16 bits per heavy atom. The van der Waals surface area contributed by atoms with Crippen LogP contribution in [0, 0.1) is 0 Å². The minimum Gasteiger partial charge on any atom is -0.491 e. The van der Waals surface area contributed by atoms with Crippen molar-refractivity contribution in [2.24, 2.45) is 0 Å². The highest BCUT2D eigenvalue weighted by molar-refractivity contribution is 7.89. The van der Waals surface area contributed by atoms with Gasteiger partial charge in [0.1, 0.15) is 71.3 Å². The molecule has 4 bridgehead atoms. The maximum atomic E-state index is 15.1. The zero-order chi connectivity index (χ0) is 61.3. The third-order valence-electron chi connectivity index (χ3n) is 11.3. The lowest BCUT2D eigenvalue weighted by Gasteiger charge is -2.33. The molecule has 1 aliphatic rings. The summed E-state index contributed by atoms with van der Waals surface area (Å²) in [7, 11) is -0.587. The number of amides is 7. The molecule has 2 aromatic carbocycles. The van der Waals surface area contributed by atoms with Gasteiger partial charge in [0.15, 0.2) is 0 Å². The Balaban J connectivity index is 2.26. The highest BCUT2D eigenvalue weighted by atomic mass is 32.2. The van der Waals surface area contributed by atoms with Gasteiger partial charge in [0.2, 0.25) is 27.7 Å². The van der Waals surface area contributed by atoms with Gasteiger partial charge in [-0.25, -0.2) is 37.1 Å². The molecule has 0 aliphatic carbocycles. The van der Waals surface area contributed by atoms with E-state index in [9.17, 15) is 42.0 Å². The van der Waals surface area contributed by atoms with Crippen LogP contribution in [0.1, 0.15) is 126 Å². The number of nitrogens with zero attached hydrogens (tertiary/aromatic N) is 2. The van der Waals surface area contributed by atoms with E-state index in [2.05, 4.69) is 31.3 Å². The van der Waals surface area contributed by atoms with Gasteiger partial charge in [-0.3, -0.25) is 14.4 Å². The average Bonchev–Trinajstić information content (AvgIpc) is 3.48. The van der Waals surface area contributed by atoms with Crippen molar-refractivity contribution in [2.45, 2.75) is 162 Å². The third kappa shape index (κ3) is 24.7. The van der Waals surface area contributed by atoms with Gasteiger partial charge in [-0.15, -0.1) is 0 Å².